The summed E-state index contributed by atoms with van der Waals surface area (Å²) >= 11 is 0. The van der Waals surface area contributed by atoms with Gasteiger partial charge in [-0.3, -0.25) is 9.11 Å². The Balaban J connectivity index is 2.38. The van der Waals surface area contributed by atoms with Crippen LogP contribution in [0.3, 0.4) is 0 Å². The van der Waals surface area contributed by atoms with Crippen LogP contribution in [-0.2, 0) is 10.8 Å². The minimum absolute atomic E-state index is 0.220. The molecule has 1 N–H and O–H groups in total. The van der Waals surface area contributed by atoms with Gasteiger partial charge in [-0.2, -0.15) is 0 Å². The number of rotatable bonds is 4. The Kier molecular flexibility index (Phi) is 4.74. The molecule has 1 heterocycles. The Hall–Kier alpha value is 0.0700. The van der Waals surface area contributed by atoms with Crippen LogP contribution in [0.5, 0.6) is 0 Å². The molecule has 0 radical (unpaired) electrons. The van der Waals surface area contributed by atoms with Gasteiger partial charge < -0.3 is 5.32 Å². The second-order valence-corrected chi connectivity index (χ2v) is 6.75. The van der Waals surface area contributed by atoms with E-state index in [0.717, 1.165) is 31.8 Å². The van der Waals surface area contributed by atoms with E-state index in [1.54, 1.807) is 6.26 Å². The molecule has 0 amide bonds. The lowest BCUT2D eigenvalue weighted by Crippen LogP contribution is -2.59. The first-order valence-electron chi connectivity index (χ1n) is 5.70. The fourth-order valence-electron chi connectivity index (χ4n) is 2.08. The molecule has 3 nitrogen and oxygen atoms in total. The van der Waals surface area contributed by atoms with Gasteiger partial charge in [-0.25, -0.2) is 0 Å². The summed E-state index contributed by atoms with van der Waals surface area (Å²) in [6.45, 7) is 9.99. The van der Waals surface area contributed by atoms with E-state index in [-0.39, 0.29) is 5.54 Å². The first-order valence-corrected chi connectivity index (χ1v) is 7.42. The molecule has 0 aromatic heterocycles. The lowest BCUT2D eigenvalue weighted by atomic mass is 10.0. The highest BCUT2D eigenvalue weighted by atomic mass is 32.2. The van der Waals surface area contributed by atoms with Crippen LogP contribution in [0.15, 0.2) is 0 Å². The van der Waals surface area contributed by atoms with Gasteiger partial charge >= 0.3 is 0 Å². The molecule has 0 aromatic carbocycles. The summed E-state index contributed by atoms with van der Waals surface area (Å²) in [6, 6.07) is 0.551. The number of hydrogen-bond donors (Lipinski definition) is 1. The maximum absolute atomic E-state index is 11.0. The Morgan fingerprint density at radius 3 is 2.73 bits per heavy atom. The standard InChI is InChI=1S/C11H24N2OS/c1-10(5-8-15(4)14)13-7-6-12-11(2,3)9-13/h10,12H,5-9H2,1-4H3. The lowest BCUT2D eigenvalue weighted by Gasteiger charge is -2.42. The molecule has 4 heteroatoms. The third-order valence-electron chi connectivity index (χ3n) is 3.05. The summed E-state index contributed by atoms with van der Waals surface area (Å²) < 4.78 is 11.0. The summed E-state index contributed by atoms with van der Waals surface area (Å²) in [7, 11) is -0.652. The molecule has 1 aliphatic heterocycles. The third-order valence-corrected chi connectivity index (χ3v) is 3.86. The summed E-state index contributed by atoms with van der Waals surface area (Å²) in [4.78, 5) is 2.50. The van der Waals surface area contributed by atoms with Crippen molar-refractivity contribution in [3.63, 3.8) is 0 Å². The van der Waals surface area contributed by atoms with Crippen molar-refractivity contribution in [2.45, 2.75) is 38.8 Å². The van der Waals surface area contributed by atoms with Crippen LogP contribution < -0.4 is 5.32 Å². The summed E-state index contributed by atoms with van der Waals surface area (Å²) in [5.74, 6) is 0.825. The van der Waals surface area contributed by atoms with Crippen molar-refractivity contribution >= 4 is 10.8 Å². The maximum Gasteiger partial charge on any atom is 0.0252 e. The number of hydrogen-bond acceptors (Lipinski definition) is 3. The van der Waals surface area contributed by atoms with Crippen molar-refractivity contribution in [3.8, 4) is 0 Å². The predicted octanol–water partition coefficient (Wildman–Crippen LogP) is 0.827. The van der Waals surface area contributed by atoms with E-state index in [1.165, 1.54) is 0 Å². The van der Waals surface area contributed by atoms with Crippen LogP contribution in [-0.4, -0.2) is 52.3 Å². The zero-order valence-corrected chi connectivity index (χ0v) is 11.2. The van der Waals surface area contributed by atoms with Crippen molar-refractivity contribution < 1.29 is 4.21 Å². The van der Waals surface area contributed by atoms with Crippen molar-refractivity contribution in [1.29, 1.82) is 0 Å². The normalized spacial score (nSPS) is 26.1. The minimum Gasteiger partial charge on any atom is -0.309 e. The van der Waals surface area contributed by atoms with Gasteiger partial charge in [0.25, 0.3) is 0 Å². The Labute approximate surface area is 96.1 Å². The highest BCUT2D eigenvalue weighted by Gasteiger charge is 2.27. The van der Waals surface area contributed by atoms with Crippen molar-refractivity contribution in [1.82, 2.24) is 10.2 Å². The maximum atomic E-state index is 11.0. The number of nitrogens with one attached hydrogen (secondary N) is 1. The molecule has 0 aromatic rings. The van der Waals surface area contributed by atoms with Crippen LogP contribution in [0.4, 0.5) is 0 Å². The summed E-state index contributed by atoms with van der Waals surface area (Å²) in [5.41, 5.74) is 0.220. The number of piperazine rings is 1. The molecular formula is C11H24N2OS. The first kappa shape index (κ1) is 13.1. The van der Waals surface area contributed by atoms with E-state index in [9.17, 15) is 4.21 Å². The van der Waals surface area contributed by atoms with Gasteiger partial charge in [0, 0.05) is 54.0 Å². The van der Waals surface area contributed by atoms with Gasteiger partial charge in [-0.05, 0) is 27.2 Å². The van der Waals surface area contributed by atoms with E-state index in [2.05, 4.69) is 31.0 Å². The van der Waals surface area contributed by atoms with Crippen LogP contribution in [0.25, 0.3) is 0 Å². The predicted molar refractivity (Wildman–Crippen MR) is 66.7 cm³/mol. The van der Waals surface area contributed by atoms with E-state index in [0.29, 0.717) is 6.04 Å². The fourth-order valence-corrected chi connectivity index (χ4v) is 2.75. The smallest absolute Gasteiger partial charge is 0.0252 e. The largest absolute Gasteiger partial charge is 0.309 e. The highest BCUT2D eigenvalue weighted by Crippen LogP contribution is 2.14. The Morgan fingerprint density at radius 2 is 2.20 bits per heavy atom. The molecule has 2 atom stereocenters. The molecule has 0 aliphatic carbocycles. The second-order valence-electron chi connectivity index (χ2n) is 5.20. The minimum atomic E-state index is -0.652. The molecule has 15 heavy (non-hydrogen) atoms. The van der Waals surface area contributed by atoms with Gasteiger partial charge in [0.15, 0.2) is 0 Å². The molecule has 0 spiro atoms. The van der Waals surface area contributed by atoms with Crippen molar-refractivity contribution in [3.05, 3.63) is 0 Å². The highest BCUT2D eigenvalue weighted by molar-refractivity contribution is 7.84. The second kappa shape index (κ2) is 5.41. The molecule has 1 rings (SSSR count). The van der Waals surface area contributed by atoms with Crippen molar-refractivity contribution in [2.75, 3.05) is 31.6 Å². The van der Waals surface area contributed by atoms with Crippen molar-refractivity contribution in [2.24, 2.45) is 0 Å². The van der Waals surface area contributed by atoms with Crippen LogP contribution in [0, 0.1) is 0 Å². The summed E-state index contributed by atoms with van der Waals surface area (Å²) in [5, 5.41) is 3.51. The van der Waals surface area contributed by atoms with E-state index in [1.807, 2.05) is 0 Å². The average Bonchev–Trinajstić information content (AvgIpc) is 2.12. The molecule has 1 saturated heterocycles. The van der Waals surface area contributed by atoms with Crippen LogP contribution in [0.2, 0.25) is 0 Å². The fraction of sp³-hybridized carbons (Fsp3) is 1.00. The zero-order chi connectivity index (χ0) is 11.5. The Morgan fingerprint density at radius 1 is 1.53 bits per heavy atom. The lowest BCUT2D eigenvalue weighted by molar-refractivity contribution is 0.115. The third kappa shape index (κ3) is 4.62. The van der Waals surface area contributed by atoms with Gasteiger partial charge in [0.05, 0.1) is 0 Å². The topological polar surface area (TPSA) is 32.3 Å². The molecule has 1 fully saturated rings. The van der Waals surface area contributed by atoms with Gasteiger partial charge in [-0.15, -0.1) is 0 Å². The molecule has 0 bridgehead atoms. The molecule has 0 saturated carbocycles. The molecule has 90 valence electrons. The van der Waals surface area contributed by atoms with E-state index >= 15 is 0 Å². The Bertz CT molecular complexity index is 231. The summed E-state index contributed by atoms with van der Waals surface area (Å²) in [6.07, 6.45) is 2.83. The zero-order valence-electron chi connectivity index (χ0n) is 10.4. The molecule has 2 unspecified atom stereocenters. The first-order chi connectivity index (χ1) is 6.91. The van der Waals surface area contributed by atoms with Gasteiger partial charge in [0.1, 0.15) is 0 Å². The van der Waals surface area contributed by atoms with Crippen LogP contribution >= 0.6 is 0 Å². The van der Waals surface area contributed by atoms with Gasteiger partial charge in [0.2, 0.25) is 0 Å². The van der Waals surface area contributed by atoms with Crippen LogP contribution in [0.1, 0.15) is 27.2 Å². The van der Waals surface area contributed by atoms with Gasteiger partial charge in [-0.1, -0.05) is 0 Å². The monoisotopic (exact) mass is 232 g/mol. The molecule has 1 aliphatic rings. The van der Waals surface area contributed by atoms with E-state index < -0.39 is 10.8 Å². The quantitative estimate of drug-likeness (QED) is 0.779. The average molecular weight is 232 g/mol. The SMILES string of the molecule is CC(CCS(C)=O)N1CCNC(C)(C)C1. The van der Waals surface area contributed by atoms with E-state index in [4.69, 9.17) is 0 Å². The molecular weight excluding hydrogens is 208 g/mol. The number of nitrogens with zero attached hydrogens (tertiary/aromatic N) is 1.